The molecule has 100 valence electrons. The largest absolute Gasteiger partial charge is 0.373 e. The molecule has 0 unspecified atom stereocenters. The van der Waals surface area contributed by atoms with E-state index in [-0.39, 0.29) is 11.5 Å². The highest BCUT2D eigenvalue weighted by molar-refractivity contribution is 9.10. The van der Waals surface area contributed by atoms with Crippen LogP contribution in [0.3, 0.4) is 0 Å². The number of rotatable bonds is 5. The molecular weight excluding hydrogens is 332 g/mol. The standard InChI is InChI=1S/C11H11BrN4O2S/c1-13-10-3-2-8(16(17)18)11(15-10)14-6-9-7(12)4-5-19-9/h2-5H,6H2,1H3,(H2,13,14,15). The van der Waals surface area contributed by atoms with E-state index in [0.29, 0.717) is 12.4 Å². The summed E-state index contributed by atoms with van der Waals surface area (Å²) in [7, 11) is 1.72. The van der Waals surface area contributed by atoms with E-state index in [9.17, 15) is 10.1 Å². The van der Waals surface area contributed by atoms with Gasteiger partial charge in [-0.1, -0.05) is 0 Å². The van der Waals surface area contributed by atoms with Crippen molar-refractivity contribution in [3.63, 3.8) is 0 Å². The molecule has 6 nitrogen and oxygen atoms in total. The van der Waals surface area contributed by atoms with Crippen LogP contribution in [0.2, 0.25) is 0 Å². The Hall–Kier alpha value is -1.67. The molecule has 0 fully saturated rings. The van der Waals surface area contributed by atoms with E-state index in [2.05, 4.69) is 31.5 Å². The van der Waals surface area contributed by atoms with Crippen molar-refractivity contribution >= 4 is 44.6 Å². The highest BCUT2D eigenvalue weighted by Crippen LogP contribution is 2.27. The predicted molar refractivity (Wildman–Crippen MR) is 79.8 cm³/mol. The van der Waals surface area contributed by atoms with Crippen molar-refractivity contribution in [2.75, 3.05) is 17.7 Å². The highest BCUT2D eigenvalue weighted by atomic mass is 79.9. The van der Waals surface area contributed by atoms with Gasteiger partial charge in [0.15, 0.2) is 0 Å². The molecule has 0 aromatic carbocycles. The van der Waals surface area contributed by atoms with Crippen LogP contribution in [-0.2, 0) is 6.54 Å². The maximum Gasteiger partial charge on any atom is 0.311 e. The van der Waals surface area contributed by atoms with Crippen LogP contribution in [-0.4, -0.2) is 17.0 Å². The van der Waals surface area contributed by atoms with Crippen LogP contribution in [0, 0.1) is 10.1 Å². The molecule has 0 radical (unpaired) electrons. The van der Waals surface area contributed by atoms with Gasteiger partial charge < -0.3 is 10.6 Å². The smallest absolute Gasteiger partial charge is 0.311 e. The van der Waals surface area contributed by atoms with Gasteiger partial charge in [0.05, 0.1) is 11.5 Å². The molecule has 0 aliphatic carbocycles. The first-order valence-corrected chi connectivity index (χ1v) is 7.08. The predicted octanol–water partition coefficient (Wildman–Crippen LogP) is 3.47. The Morgan fingerprint density at radius 2 is 2.26 bits per heavy atom. The molecule has 0 spiro atoms. The zero-order chi connectivity index (χ0) is 13.8. The fourth-order valence-corrected chi connectivity index (χ4v) is 2.92. The van der Waals surface area contributed by atoms with Gasteiger partial charge in [-0.05, 0) is 33.4 Å². The average molecular weight is 343 g/mol. The fourth-order valence-electron chi connectivity index (χ4n) is 1.48. The number of hydrogen-bond donors (Lipinski definition) is 2. The van der Waals surface area contributed by atoms with E-state index in [0.717, 1.165) is 9.35 Å². The van der Waals surface area contributed by atoms with Crippen molar-refractivity contribution in [1.29, 1.82) is 0 Å². The SMILES string of the molecule is CNc1ccc([N+](=O)[O-])c(NCc2sccc2Br)n1. The second-order valence-electron chi connectivity index (χ2n) is 3.62. The molecule has 2 aromatic rings. The maximum atomic E-state index is 10.9. The number of nitrogens with one attached hydrogen (secondary N) is 2. The summed E-state index contributed by atoms with van der Waals surface area (Å²) in [6.07, 6.45) is 0. The van der Waals surface area contributed by atoms with E-state index in [1.54, 1.807) is 24.5 Å². The van der Waals surface area contributed by atoms with Gasteiger partial charge in [0.2, 0.25) is 5.82 Å². The molecule has 8 heteroatoms. The molecule has 2 rings (SSSR count). The van der Waals surface area contributed by atoms with E-state index >= 15 is 0 Å². The molecule has 2 heterocycles. The third kappa shape index (κ3) is 3.21. The van der Waals surface area contributed by atoms with Gasteiger partial charge >= 0.3 is 5.69 Å². The molecule has 0 aliphatic heterocycles. The summed E-state index contributed by atoms with van der Waals surface area (Å²) in [5.41, 5.74) is -0.0355. The minimum absolute atomic E-state index is 0.0355. The summed E-state index contributed by atoms with van der Waals surface area (Å²) >= 11 is 4.99. The van der Waals surface area contributed by atoms with E-state index in [1.807, 2.05) is 11.4 Å². The first-order chi connectivity index (χ1) is 9.11. The van der Waals surface area contributed by atoms with Gasteiger partial charge in [-0.3, -0.25) is 10.1 Å². The molecule has 0 aliphatic rings. The molecular formula is C11H11BrN4O2S. The van der Waals surface area contributed by atoms with Crippen LogP contribution >= 0.6 is 27.3 Å². The maximum absolute atomic E-state index is 10.9. The van der Waals surface area contributed by atoms with Crippen molar-refractivity contribution in [1.82, 2.24) is 4.98 Å². The molecule has 2 N–H and O–H groups in total. The van der Waals surface area contributed by atoms with Gasteiger partial charge in [-0.25, -0.2) is 4.98 Å². The average Bonchev–Trinajstić information content (AvgIpc) is 2.81. The Morgan fingerprint density at radius 1 is 1.47 bits per heavy atom. The lowest BCUT2D eigenvalue weighted by Crippen LogP contribution is -2.05. The Balaban J connectivity index is 2.22. The molecule has 0 saturated heterocycles. The number of nitrogens with zero attached hydrogens (tertiary/aromatic N) is 2. The highest BCUT2D eigenvalue weighted by Gasteiger charge is 2.16. The van der Waals surface area contributed by atoms with Gasteiger partial charge in [0.25, 0.3) is 0 Å². The topological polar surface area (TPSA) is 80.1 Å². The number of halogens is 1. The summed E-state index contributed by atoms with van der Waals surface area (Å²) in [6.45, 7) is 0.485. The van der Waals surface area contributed by atoms with Crippen molar-refractivity contribution in [2.45, 2.75) is 6.54 Å². The summed E-state index contributed by atoms with van der Waals surface area (Å²) in [6, 6.07) is 4.95. The Morgan fingerprint density at radius 3 is 2.84 bits per heavy atom. The van der Waals surface area contributed by atoms with Gasteiger partial charge in [-0.2, -0.15) is 0 Å². The van der Waals surface area contributed by atoms with Gasteiger partial charge in [0.1, 0.15) is 5.82 Å². The zero-order valence-corrected chi connectivity index (χ0v) is 12.4. The molecule has 2 aromatic heterocycles. The van der Waals surface area contributed by atoms with E-state index in [4.69, 9.17) is 0 Å². The molecule has 0 bridgehead atoms. The lowest BCUT2D eigenvalue weighted by atomic mass is 10.3. The van der Waals surface area contributed by atoms with Crippen LogP contribution in [0.1, 0.15) is 4.88 Å². The molecule has 0 amide bonds. The summed E-state index contributed by atoms with van der Waals surface area (Å²) in [4.78, 5) is 15.7. The van der Waals surface area contributed by atoms with Crippen molar-refractivity contribution in [3.05, 3.63) is 43.0 Å². The number of thiophene rings is 1. The number of aromatic nitrogens is 1. The summed E-state index contributed by atoms with van der Waals surface area (Å²) < 4.78 is 0.984. The number of nitro groups is 1. The van der Waals surface area contributed by atoms with Crippen LogP contribution in [0.25, 0.3) is 0 Å². The van der Waals surface area contributed by atoms with Gasteiger partial charge in [-0.15, -0.1) is 11.3 Å². The molecule has 0 atom stereocenters. The van der Waals surface area contributed by atoms with Crippen molar-refractivity contribution < 1.29 is 4.92 Å². The number of pyridine rings is 1. The van der Waals surface area contributed by atoms with Crippen LogP contribution in [0.5, 0.6) is 0 Å². The van der Waals surface area contributed by atoms with Crippen LogP contribution in [0.4, 0.5) is 17.3 Å². The number of anilines is 2. The third-order valence-corrected chi connectivity index (χ3v) is 4.36. The third-order valence-electron chi connectivity index (χ3n) is 2.43. The summed E-state index contributed by atoms with van der Waals surface area (Å²) in [5.74, 6) is 0.843. The minimum Gasteiger partial charge on any atom is -0.373 e. The van der Waals surface area contributed by atoms with E-state index in [1.165, 1.54) is 6.07 Å². The minimum atomic E-state index is -0.446. The normalized spacial score (nSPS) is 10.2. The first-order valence-electron chi connectivity index (χ1n) is 5.40. The Labute approximate surface area is 122 Å². The van der Waals surface area contributed by atoms with E-state index < -0.39 is 4.92 Å². The quantitative estimate of drug-likeness (QED) is 0.642. The summed E-state index contributed by atoms with van der Waals surface area (Å²) in [5, 5.41) is 18.8. The second-order valence-corrected chi connectivity index (χ2v) is 5.47. The zero-order valence-electron chi connectivity index (χ0n) is 10.0. The van der Waals surface area contributed by atoms with Crippen molar-refractivity contribution in [3.8, 4) is 0 Å². The van der Waals surface area contributed by atoms with Gasteiger partial charge in [0, 0.05) is 22.5 Å². The molecule has 0 saturated carbocycles. The Kier molecular flexibility index (Phi) is 4.33. The van der Waals surface area contributed by atoms with Crippen LogP contribution < -0.4 is 10.6 Å². The Bertz CT molecular complexity index is 602. The number of hydrogen-bond acceptors (Lipinski definition) is 6. The fraction of sp³-hybridized carbons (Fsp3) is 0.182. The lowest BCUT2D eigenvalue weighted by molar-refractivity contribution is -0.384. The second kappa shape index (κ2) is 5.98. The monoisotopic (exact) mass is 342 g/mol. The lowest BCUT2D eigenvalue weighted by Gasteiger charge is -2.07. The van der Waals surface area contributed by atoms with Crippen LogP contribution in [0.15, 0.2) is 28.1 Å². The molecule has 19 heavy (non-hydrogen) atoms. The first kappa shape index (κ1) is 13.8. The van der Waals surface area contributed by atoms with Crippen molar-refractivity contribution in [2.24, 2.45) is 0 Å².